The Morgan fingerprint density at radius 2 is 2.15 bits per heavy atom. The second kappa shape index (κ2) is 9.08. The fourth-order valence-corrected chi connectivity index (χ4v) is 6.50. The third-order valence-corrected chi connectivity index (χ3v) is 8.03. The highest BCUT2D eigenvalue weighted by Crippen LogP contribution is 2.39. The second-order valence-corrected chi connectivity index (χ2v) is 10.1. The number of H-pyrrole nitrogens is 1. The van der Waals surface area contributed by atoms with Gasteiger partial charge in [-0.25, -0.2) is 9.97 Å². The first-order valence-corrected chi connectivity index (χ1v) is 12.4. The number of aromatic nitrogens is 4. The summed E-state index contributed by atoms with van der Waals surface area (Å²) in [6.07, 6.45) is 7.73. The number of thiophene rings is 1. The van der Waals surface area contributed by atoms with E-state index in [1.165, 1.54) is 10.4 Å². The summed E-state index contributed by atoms with van der Waals surface area (Å²) in [4.78, 5) is 15.1. The first-order valence-electron chi connectivity index (χ1n) is 11.6. The summed E-state index contributed by atoms with van der Waals surface area (Å²) in [7, 11) is 0. The lowest BCUT2D eigenvalue weighted by Crippen LogP contribution is -2.50. The Labute approximate surface area is 196 Å². The molecule has 33 heavy (non-hydrogen) atoms. The number of rotatable bonds is 5. The van der Waals surface area contributed by atoms with Crippen LogP contribution in [0.3, 0.4) is 0 Å². The molecule has 0 bridgehead atoms. The van der Waals surface area contributed by atoms with Gasteiger partial charge in [0, 0.05) is 42.7 Å². The second-order valence-electron chi connectivity index (χ2n) is 9.01. The molecule has 9 heteroatoms. The van der Waals surface area contributed by atoms with Crippen molar-refractivity contribution in [2.24, 2.45) is 5.92 Å². The highest BCUT2D eigenvalue weighted by Gasteiger charge is 2.36. The number of benzene rings is 1. The first-order chi connectivity index (χ1) is 16.3. The van der Waals surface area contributed by atoms with Crippen LogP contribution in [-0.4, -0.2) is 74.5 Å². The summed E-state index contributed by atoms with van der Waals surface area (Å²) in [5.41, 5.74) is 3.21. The number of aliphatic hydroxyl groups is 1. The molecule has 3 atom stereocenters. The number of hydrogen-bond donors (Lipinski definition) is 2. The van der Waals surface area contributed by atoms with Crippen molar-refractivity contribution in [1.82, 2.24) is 30.0 Å². The lowest BCUT2D eigenvalue weighted by atomic mass is 9.97. The number of ether oxygens (including phenoxy) is 1. The van der Waals surface area contributed by atoms with Gasteiger partial charge in [0.15, 0.2) is 0 Å². The number of aliphatic hydroxyl groups excluding tert-OH is 1. The van der Waals surface area contributed by atoms with Crippen LogP contribution in [0.4, 0.5) is 0 Å². The molecule has 6 rings (SSSR count). The van der Waals surface area contributed by atoms with Gasteiger partial charge in [-0.15, -0.1) is 11.3 Å². The highest BCUT2D eigenvalue weighted by atomic mass is 32.1. The molecule has 0 saturated carbocycles. The molecule has 2 saturated heterocycles. The van der Waals surface area contributed by atoms with Gasteiger partial charge in [-0.3, -0.25) is 14.9 Å². The fraction of sp³-hybridized carbons (Fsp3) is 0.458. The van der Waals surface area contributed by atoms with E-state index in [2.05, 4.69) is 54.2 Å². The Kier molecular flexibility index (Phi) is 5.81. The van der Waals surface area contributed by atoms with Crippen LogP contribution in [0, 0.1) is 5.92 Å². The standard InChI is InChI=1S/C24H28N6O2S/c31-14-16-3-2-6-29(12-16)24(22-9-20-23(33-22)11-25-15-26-20)30-7-8-32-21(13-30)17-4-1-5-19-18(17)10-27-28-19/h1,4-5,9-11,15-16,21,24,31H,2-3,6-8,12-14H2,(H,27,28). The molecule has 5 heterocycles. The molecule has 4 aromatic rings. The fourth-order valence-electron chi connectivity index (χ4n) is 5.34. The molecular formula is C24H28N6O2S. The van der Waals surface area contributed by atoms with E-state index < -0.39 is 0 Å². The maximum atomic E-state index is 9.87. The van der Waals surface area contributed by atoms with Gasteiger partial charge in [-0.2, -0.15) is 5.10 Å². The van der Waals surface area contributed by atoms with Crippen molar-refractivity contribution in [3.63, 3.8) is 0 Å². The largest absolute Gasteiger partial charge is 0.396 e. The smallest absolute Gasteiger partial charge is 0.116 e. The number of hydrogen-bond acceptors (Lipinski definition) is 8. The molecule has 0 amide bonds. The molecule has 0 radical (unpaired) electrons. The maximum absolute atomic E-state index is 9.87. The van der Waals surface area contributed by atoms with Gasteiger partial charge >= 0.3 is 0 Å². The molecule has 2 N–H and O–H groups in total. The SMILES string of the molecule is OCC1CCCN(C(c2cc3ncncc3s2)N2CCOC(c3cccc4[nH]ncc34)C2)C1. The molecule has 3 unspecified atom stereocenters. The number of fused-ring (bicyclic) bond motifs is 2. The molecule has 2 aliphatic rings. The van der Waals surface area contributed by atoms with Crippen molar-refractivity contribution in [2.45, 2.75) is 25.1 Å². The minimum Gasteiger partial charge on any atom is -0.396 e. The molecule has 2 fully saturated rings. The minimum atomic E-state index is -0.0184. The average molecular weight is 465 g/mol. The highest BCUT2D eigenvalue weighted by molar-refractivity contribution is 7.19. The zero-order valence-corrected chi connectivity index (χ0v) is 19.2. The lowest BCUT2D eigenvalue weighted by molar-refractivity contribution is -0.0850. The zero-order valence-electron chi connectivity index (χ0n) is 18.4. The Bertz CT molecular complexity index is 1210. The number of piperidine rings is 1. The van der Waals surface area contributed by atoms with Gasteiger partial charge in [0.05, 0.1) is 40.8 Å². The summed E-state index contributed by atoms with van der Waals surface area (Å²) in [6, 6.07) is 8.49. The molecule has 172 valence electrons. The van der Waals surface area contributed by atoms with Gasteiger partial charge in [0.25, 0.3) is 0 Å². The van der Waals surface area contributed by atoms with Crippen molar-refractivity contribution in [3.05, 3.63) is 53.4 Å². The van der Waals surface area contributed by atoms with E-state index in [0.29, 0.717) is 12.5 Å². The molecule has 8 nitrogen and oxygen atoms in total. The third-order valence-electron chi connectivity index (χ3n) is 6.93. The summed E-state index contributed by atoms with van der Waals surface area (Å²) in [6.45, 7) is 4.52. The summed E-state index contributed by atoms with van der Waals surface area (Å²) in [5.74, 6) is 0.326. The third kappa shape index (κ3) is 4.04. The molecule has 1 aromatic carbocycles. The number of likely N-dealkylation sites (tertiary alicyclic amines) is 1. The van der Waals surface area contributed by atoms with Crippen molar-refractivity contribution >= 4 is 32.5 Å². The summed E-state index contributed by atoms with van der Waals surface area (Å²) in [5, 5.41) is 18.3. The van der Waals surface area contributed by atoms with Crippen LogP contribution in [0.25, 0.3) is 21.1 Å². The topological polar surface area (TPSA) is 90.4 Å². The van der Waals surface area contributed by atoms with Crippen molar-refractivity contribution in [2.75, 3.05) is 39.4 Å². The molecule has 0 aliphatic carbocycles. The van der Waals surface area contributed by atoms with E-state index in [0.717, 1.165) is 60.1 Å². The quantitative estimate of drug-likeness (QED) is 0.468. The van der Waals surface area contributed by atoms with Gasteiger partial charge in [-0.1, -0.05) is 12.1 Å². The Morgan fingerprint density at radius 3 is 3.06 bits per heavy atom. The Hall–Kier alpha value is -2.43. The van der Waals surface area contributed by atoms with Crippen LogP contribution in [0.2, 0.25) is 0 Å². The summed E-state index contributed by atoms with van der Waals surface area (Å²) < 4.78 is 7.40. The summed E-state index contributed by atoms with van der Waals surface area (Å²) >= 11 is 1.78. The number of nitrogens with one attached hydrogen (secondary N) is 1. The molecule has 3 aromatic heterocycles. The molecular weight excluding hydrogens is 436 g/mol. The van der Waals surface area contributed by atoms with Crippen molar-refractivity contribution in [3.8, 4) is 0 Å². The average Bonchev–Trinajstić information content (AvgIpc) is 3.51. The van der Waals surface area contributed by atoms with Crippen molar-refractivity contribution in [1.29, 1.82) is 0 Å². The van der Waals surface area contributed by atoms with Crippen LogP contribution < -0.4 is 0 Å². The predicted octanol–water partition coefficient (Wildman–Crippen LogP) is 3.34. The molecule has 0 spiro atoms. The molecule has 2 aliphatic heterocycles. The van der Waals surface area contributed by atoms with Crippen LogP contribution in [0.1, 0.15) is 35.6 Å². The normalized spacial score (nSPS) is 23.9. The monoisotopic (exact) mass is 464 g/mol. The van der Waals surface area contributed by atoms with Gasteiger partial charge in [-0.05, 0) is 43.0 Å². The lowest BCUT2D eigenvalue weighted by Gasteiger charge is -2.45. The van der Waals surface area contributed by atoms with E-state index in [9.17, 15) is 5.11 Å². The number of aromatic amines is 1. The predicted molar refractivity (Wildman–Crippen MR) is 128 cm³/mol. The van der Waals surface area contributed by atoms with E-state index in [1.54, 1.807) is 17.7 Å². The zero-order chi connectivity index (χ0) is 22.2. The van der Waals surface area contributed by atoms with Crippen molar-refractivity contribution < 1.29 is 9.84 Å². The van der Waals surface area contributed by atoms with Crippen LogP contribution in [-0.2, 0) is 4.74 Å². The maximum Gasteiger partial charge on any atom is 0.116 e. The van der Waals surface area contributed by atoms with Gasteiger partial charge < -0.3 is 9.84 Å². The Morgan fingerprint density at radius 1 is 1.21 bits per heavy atom. The van der Waals surface area contributed by atoms with E-state index in [1.807, 2.05) is 12.4 Å². The minimum absolute atomic E-state index is 0.0184. The van der Waals surface area contributed by atoms with E-state index >= 15 is 0 Å². The van der Waals surface area contributed by atoms with Crippen LogP contribution >= 0.6 is 11.3 Å². The van der Waals surface area contributed by atoms with E-state index in [4.69, 9.17) is 4.74 Å². The Balaban J connectivity index is 1.35. The van der Waals surface area contributed by atoms with E-state index in [-0.39, 0.29) is 18.9 Å². The first kappa shape index (κ1) is 21.1. The van der Waals surface area contributed by atoms with Gasteiger partial charge in [0.1, 0.15) is 6.33 Å². The number of nitrogens with zero attached hydrogens (tertiary/aromatic N) is 5. The van der Waals surface area contributed by atoms with Crippen LogP contribution in [0.5, 0.6) is 0 Å². The number of morpholine rings is 1. The van der Waals surface area contributed by atoms with Crippen LogP contribution in [0.15, 0.2) is 43.0 Å². The van der Waals surface area contributed by atoms with Gasteiger partial charge in [0.2, 0.25) is 0 Å².